The van der Waals surface area contributed by atoms with Crippen LogP contribution in [-0.4, -0.2) is 48.4 Å². The maximum atomic E-state index is 12.9. The highest BCUT2D eigenvalue weighted by atomic mass is 35.5. The van der Waals surface area contributed by atoms with E-state index < -0.39 is 0 Å². The van der Waals surface area contributed by atoms with Crippen LogP contribution in [0.25, 0.3) is 0 Å². The molecule has 0 spiro atoms. The molecular weight excluding hydrogens is 519 g/mol. The van der Waals surface area contributed by atoms with Crippen LogP contribution in [0, 0.1) is 29.1 Å². The van der Waals surface area contributed by atoms with Gasteiger partial charge in [-0.3, -0.25) is 9.59 Å². The maximum absolute atomic E-state index is 12.9. The fourth-order valence-corrected chi connectivity index (χ4v) is 9.20. The Hall–Kier alpha value is -1.46. The number of anilines is 1. The normalized spacial score (nSPS) is 36.3. The number of halogens is 2. The molecule has 0 bridgehead atoms. The van der Waals surface area contributed by atoms with Crippen LogP contribution in [-0.2, 0) is 20.7 Å². The van der Waals surface area contributed by atoms with Gasteiger partial charge in [0.2, 0.25) is 5.91 Å². The van der Waals surface area contributed by atoms with Gasteiger partial charge in [0.1, 0.15) is 6.10 Å². The Morgan fingerprint density at radius 2 is 1.74 bits per heavy atom. The van der Waals surface area contributed by atoms with E-state index in [4.69, 9.17) is 27.9 Å². The zero-order valence-corrected chi connectivity index (χ0v) is 24.5. The third-order valence-electron chi connectivity index (χ3n) is 10.8. The molecule has 1 amide bonds. The molecule has 7 atom stereocenters. The van der Waals surface area contributed by atoms with Crippen molar-refractivity contribution in [2.75, 3.05) is 29.7 Å². The van der Waals surface area contributed by atoms with Crippen LogP contribution in [0.1, 0.15) is 77.2 Å². The maximum Gasteiger partial charge on any atom is 0.310 e. The summed E-state index contributed by atoms with van der Waals surface area (Å²) in [6.45, 7) is 6.31. The first-order chi connectivity index (χ1) is 18.3. The van der Waals surface area contributed by atoms with Crippen LogP contribution < -0.4 is 10.2 Å². The molecule has 1 aliphatic heterocycles. The summed E-state index contributed by atoms with van der Waals surface area (Å²) >= 11 is 11.9. The first kappa shape index (κ1) is 28.1. The van der Waals surface area contributed by atoms with Crippen molar-refractivity contribution in [3.8, 4) is 0 Å². The molecule has 0 aromatic heterocycles. The van der Waals surface area contributed by atoms with Gasteiger partial charge in [0.25, 0.3) is 0 Å². The Labute approximate surface area is 238 Å². The lowest BCUT2D eigenvalue weighted by Crippen LogP contribution is -2.63. The number of esters is 1. The zero-order chi connectivity index (χ0) is 26.9. The van der Waals surface area contributed by atoms with Crippen LogP contribution in [0.15, 0.2) is 24.3 Å². The van der Waals surface area contributed by atoms with Crippen molar-refractivity contribution in [1.82, 2.24) is 5.32 Å². The Morgan fingerprint density at radius 1 is 1.00 bits per heavy atom. The molecule has 0 radical (unpaired) electrons. The molecule has 3 aliphatic carbocycles. The number of amides is 1. The molecule has 1 N–H and O–H groups in total. The van der Waals surface area contributed by atoms with E-state index in [-0.39, 0.29) is 23.5 Å². The van der Waals surface area contributed by atoms with E-state index in [2.05, 4.69) is 24.1 Å². The first-order valence-electron chi connectivity index (χ1n) is 14.7. The van der Waals surface area contributed by atoms with Crippen LogP contribution in [0.4, 0.5) is 5.69 Å². The van der Waals surface area contributed by atoms with Gasteiger partial charge in [-0.05, 0) is 105 Å². The molecule has 5 nitrogen and oxygen atoms in total. The van der Waals surface area contributed by atoms with Crippen LogP contribution in [0.3, 0.4) is 0 Å². The molecule has 4 aliphatic rings. The number of rotatable bonds is 8. The summed E-state index contributed by atoms with van der Waals surface area (Å²) in [6.07, 6.45) is 9.93. The number of hydrogen-bond acceptors (Lipinski definition) is 4. The number of benzene rings is 1. The van der Waals surface area contributed by atoms with E-state index in [1.54, 1.807) is 0 Å². The number of carbonyl (C=O) groups excluding carboxylic acids is 2. The Morgan fingerprint density at radius 3 is 2.45 bits per heavy atom. The fourth-order valence-electron chi connectivity index (χ4n) is 8.79. The van der Waals surface area contributed by atoms with Gasteiger partial charge in [-0.15, -0.1) is 23.2 Å². The fraction of sp³-hybridized carbons (Fsp3) is 0.742. The zero-order valence-electron chi connectivity index (χ0n) is 23.0. The predicted octanol–water partition coefficient (Wildman–Crippen LogP) is 6.34. The average Bonchev–Trinajstić information content (AvgIpc) is 2.88. The van der Waals surface area contributed by atoms with Crippen molar-refractivity contribution in [3.05, 3.63) is 29.8 Å². The monoisotopic (exact) mass is 562 g/mol. The minimum Gasteiger partial charge on any atom is -0.462 e. The van der Waals surface area contributed by atoms with Crippen molar-refractivity contribution in [2.45, 2.75) is 89.7 Å². The number of piperidine rings is 1. The standard InChI is InChI=1S/C31H44Cl2N2O3/c1-30-13-11-24(38-29(37)19-21-3-6-23(7-4-21)35(17-15-32)18-16-33)20-22(30)5-8-25-26(30)12-14-31(2)27(25)9-10-28(36)34-31/h3-4,6-7,22,24-27H,5,8-20H2,1-2H3,(H,34,36)/t22-,24+,25-,26+,27+,30+,31+/m1/s1. The molecule has 4 fully saturated rings. The lowest BCUT2D eigenvalue weighted by molar-refractivity contribution is -0.162. The number of alkyl halides is 2. The van der Waals surface area contributed by atoms with Gasteiger partial charge >= 0.3 is 5.97 Å². The van der Waals surface area contributed by atoms with Crippen LogP contribution in [0.5, 0.6) is 0 Å². The van der Waals surface area contributed by atoms with Crippen molar-refractivity contribution < 1.29 is 14.3 Å². The molecule has 1 aromatic rings. The van der Waals surface area contributed by atoms with Gasteiger partial charge in [-0.2, -0.15) is 0 Å². The van der Waals surface area contributed by atoms with E-state index >= 15 is 0 Å². The molecule has 5 rings (SSSR count). The molecule has 0 unspecified atom stereocenters. The van der Waals surface area contributed by atoms with E-state index in [0.29, 0.717) is 47.8 Å². The second-order valence-electron chi connectivity index (χ2n) is 12.8. The van der Waals surface area contributed by atoms with Crippen molar-refractivity contribution >= 4 is 40.8 Å². The van der Waals surface area contributed by atoms with Gasteiger partial charge in [-0.25, -0.2) is 0 Å². The minimum absolute atomic E-state index is 0.0167. The number of nitrogens with one attached hydrogen (secondary N) is 1. The lowest BCUT2D eigenvalue weighted by atomic mass is 9.45. The molecule has 1 saturated heterocycles. The largest absolute Gasteiger partial charge is 0.462 e. The molecule has 210 valence electrons. The molecule has 7 heteroatoms. The second-order valence-corrected chi connectivity index (χ2v) is 13.6. The molecular formula is C31H44Cl2N2O3. The predicted molar refractivity (Wildman–Crippen MR) is 154 cm³/mol. The molecule has 3 saturated carbocycles. The topological polar surface area (TPSA) is 58.6 Å². The van der Waals surface area contributed by atoms with Gasteiger partial charge in [-0.1, -0.05) is 19.1 Å². The Kier molecular flexibility index (Phi) is 8.55. The van der Waals surface area contributed by atoms with Gasteiger partial charge < -0.3 is 15.0 Å². The highest BCUT2D eigenvalue weighted by Gasteiger charge is 2.58. The summed E-state index contributed by atoms with van der Waals surface area (Å²) in [5.74, 6) is 3.87. The summed E-state index contributed by atoms with van der Waals surface area (Å²) in [7, 11) is 0. The van der Waals surface area contributed by atoms with E-state index in [1.165, 1.54) is 19.3 Å². The van der Waals surface area contributed by atoms with E-state index in [9.17, 15) is 9.59 Å². The quantitative estimate of drug-likeness (QED) is 0.297. The highest BCUT2D eigenvalue weighted by molar-refractivity contribution is 6.18. The Balaban J connectivity index is 1.16. The van der Waals surface area contributed by atoms with Crippen LogP contribution in [0.2, 0.25) is 0 Å². The van der Waals surface area contributed by atoms with E-state index in [0.717, 1.165) is 62.4 Å². The Bertz CT molecular complexity index is 997. The summed E-state index contributed by atoms with van der Waals surface area (Å²) in [5, 5.41) is 3.37. The lowest BCUT2D eigenvalue weighted by Gasteiger charge is -2.62. The van der Waals surface area contributed by atoms with Crippen molar-refractivity contribution in [1.29, 1.82) is 0 Å². The number of ether oxygens (including phenoxy) is 1. The third kappa shape index (κ3) is 5.57. The number of carbonyl (C=O) groups is 2. The second kappa shape index (κ2) is 11.6. The minimum atomic E-state index is -0.121. The molecule has 1 aromatic carbocycles. The SMILES string of the molecule is C[C@]12CC[C@H](OC(=O)Cc3ccc(N(CCCl)CCCl)cc3)C[C@H]1CC[C@@H]1[C@@H]2CC[C@]2(C)NC(=O)CC[C@@H]12. The number of fused-ring (bicyclic) bond motifs is 5. The van der Waals surface area contributed by atoms with Gasteiger partial charge in [0, 0.05) is 42.5 Å². The number of nitrogens with zero attached hydrogens (tertiary/aromatic N) is 1. The van der Waals surface area contributed by atoms with Crippen molar-refractivity contribution in [2.24, 2.45) is 29.1 Å². The summed E-state index contributed by atoms with van der Waals surface area (Å²) < 4.78 is 6.06. The highest BCUT2D eigenvalue weighted by Crippen LogP contribution is 2.62. The van der Waals surface area contributed by atoms with Crippen molar-refractivity contribution in [3.63, 3.8) is 0 Å². The first-order valence-corrected chi connectivity index (χ1v) is 15.8. The smallest absolute Gasteiger partial charge is 0.310 e. The van der Waals surface area contributed by atoms with Gasteiger partial charge in [0.05, 0.1) is 6.42 Å². The van der Waals surface area contributed by atoms with E-state index in [1.807, 2.05) is 24.3 Å². The molecule has 1 heterocycles. The van der Waals surface area contributed by atoms with Gasteiger partial charge in [0.15, 0.2) is 0 Å². The molecule has 38 heavy (non-hydrogen) atoms. The average molecular weight is 564 g/mol. The number of hydrogen-bond donors (Lipinski definition) is 1. The van der Waals surface area contributed by atoms with Crippen LogP contribution >= 0.6 is 23.2 Å². The third-order valence-corrected chi connectivity index (χ3v) is 11.1. The summed E-state index contributed by atoms with van der Waals surface area (Å²) in [5.41, 5.74) is 2.35. The summed E-state index contributed by atoms with van der Waals surface area (Å²) in [4.78, 5) is 27.2. The summed E-state index contributed by atoms with van der Waals surface area (Å²) in [6, 6.07) is 8.10.